The van der Waals surface area contributed by atoms with E-state index in [-0.39, 0.29) is 12.0 Å². The maximum atomic E-state index is 13.6. The fourth-order valence-corrected chi connectivity index (χ4v) is 2.08. The molecule has 0 aliphatic heterocycles. The van der Waals surface area contributed by atoms with E-state index in [9.17, 15) is 18.0 Å². The van der Waals surface area contributed by atoms with Gasteiger partial charge in [0.25, 0.3) is 0 Å². The van der Waals surface area contributed by atoms with Crippen molar-refractivity contribution in [1.29, 1.82) is 0 Å². The SMILES string of the molecule is O=C(O)CC1(c2cc(F)c(Cl)c(F)c2F)CC1. The third kappa shape index (κ3) is 1.99. The number of carbonyl (C=O) groups is 1. The van der Waals surface area contributed by atoms with Crippen molar-refractivity contribution in [1.82, 2.24) is 0 Å². The number of benzene rings is 1. The molecule has 0 aromatic heterocycles. The van der Waals surface area contributed by atoms with Gasteiger partial charge in [0.05, 0.1) is 6.42 Å². The third-order valence-electron chi connectivity index (χ3n) is 3.02. The van der Waals surface area contributed by atoms with Crippen molar-refractivity contribution in [3.63, 3.8) is 0 Å². The molecule has 0 radical (unpaired) electrons. The molecule has 1 aromatic rings. The van der Waals surface area contributed by atoms with E-state index in [1.807, 2.05) is 0 Å². The molecular formula is C11H8ClF3O2. The summed E-state index contributed by atoms with van der Waals surface area (Å²) < 4.78 is 40.1. The molecule has 0 spiro atoms. The summed E-state index contributed by atoms with van der Waals surface area (Å²) in [5.41, 5.74) is -1.22. The van der Waals surface area contributed by atoms with Gasteiger partial charge in [-0.3, -0.25) is 4.79 Å². The van der Waals surface area contributed by atoms with Crippen LogP contribution in [0.4, 0.5) is 13.2 Å². The molecule has 1 N–H and O–H groups in total. The van der Waals surface area contributed by atoms with Gasteiger partial charge in [-0.25, -0.2) is 13.2 Å². The van der Waals surface area contributed by atoms with Gasteiger partial charge in [-0.2, -0.15) is 0 Å². The van der Waals surface area contributed by atoms with Crippen LogP contribution in [0.2, 0.25) is 5.02 Å². The predicted octanol–water partition coefficient (Wildman–Crippen LogP) is 3.26. The summed E-state index contributed by atoms with van der Waals surface area (Å²) in [6.07, 6.45) is 0.456. The van der Waals surface area contributed by atoms with E-state index in [4.69, 9.17) is 16.7 Å². The van der Waals surface area contributed by atoms with Crippen molar-refractivity contribution in [2.75, 3.05) is 0 Å². The van der Waals surface area contributed by atoms with Gasteiger partial charge in [0.15, 0.2) is 11.6 Å². The Labute approximate surface area is 100 Å². The Morgan fingerprint density at radius 3 is 2.41 bits per heavy atom. The number of hydrogen-bond donors (Lipinski definition) is 1. The zero-order valence-electron chi connectivity index (χ0n) is 8.57. The summed E-state index contributed by atoms with van der Waals surface area (Å²) in [7, 11) is 0. The third-order valence-corrected chi connectivity index (χ3v) is 3.36. The maximum Gasteiger partial charge on any atom is 0.304 e. The number of hydrogen-bond acceptors (Lipinski definition) is 1. The van der Waals surface area contributed by atoms with Gasteiger partial charge in [-0.05, 0) is 18.9 Å². The number of aliphatic carboxylic acids is 1. The summed E-state index contributed by atoms with van der Waals surface area (Å²) in [6.45, 7) is 0. The standard InChI is InChI=1S/C11H8ClF3O2/c12-8-6(13)3-5(9(14)10(8)15)11(1-2-11)4-7(16)17/h3H,1-2,4H2,(H,16,17). The zero-order valence-corrected chi connectivity index (χ0v) is 9.32. The monoisotopic (exact) mass is 264 g/mol. The van der Waals surface area contributed by atoms with Crippen molar-refractivity contribution in [3.8, 4) is 0 Å². The van der Waals surface area contributed by atoms with Crippen LogP contribution in [0.3, 0.4) is 0 Å². The molecule has 0 saturated heterocycles. The van der Waals surface area contributed by atoms with Crippen LogP contribution in [0.5, 0.6) is 0 Å². The van der Waals surface area contributed by atoms with Gasteiger partial charge in [0.2, 0.25) is 0 Å². The Balaban J connectivity index is 2.50. The minimum absolute atomic E-state index is 0.237. The highest BCUT2D eigenvalue weighted by atomic mass is 35.5. The minimum Gasteiger partial charge on any atom is -0.481 e. The van der Waals surface area contributed by atoms with Crippen LogP contribution in [-0.2, 0) is 10.2 Å². The van der Waals surface area contributed by atoms with Crippen LogP contribution in [0, 0.1) is 17.5 Å². The lowest BCUT2D eigenvalue weighted by Gasteiger charge is -2.15. The average Bonchev–Trinajstić information content (AvgIpc) is 3.00. The average molecular weight is 265 g/mol. The maximum absolute atomic E-state index is 13.6. The topological polar surface area (TPSA) is 37.3 Å². The molecule has 17 heavy (non-hydrogen) atoms. The second kappa shape index (κ2) is 3.91. The molecule has 1 saturated carbocycles. The van der Waals surface area contributed by atoms with Crippen molar-refractivity contribution >= 4 is 17.6 Å². The molecule has 0 amide bonds. The normalized spacial score (nSPS) is 16.9. The van der Waals surface area contributed by atoms with E-state index in [1.54, 1.807) is 0 Å². The van der Waals surface area contributed by atoms with Crippen molar-refractivity contribution < 1.29 is 23.1 Å². The molecule has 92 valence electrons. The van der Waals surface area contributed by atoms with Crippen LogP contribution < -0.4 is 0 Å². The lowest BCUT2D eigenvalue weighted by Crippen LogP contribution is -2.16. The Morgan fingerprint density at radius 2 is 1.94 bits per heavy atom. The number of carboxylic acid groups (broad SMARTS) is 1. The summed E-state index contributed by atoms with van der Waals surface area (Å²) >= 11 is 5.22. The quantitative estimate of drug-likeness (QED) is 0.672. The van der Waals surface area contributed by atoms with E-state index in [0.717, 1.165) is 6.07 Å². The van der Waals surface area contributed by atoms with E-state index in [1.165, 1.54) is 0 Å². The van der Waals surface area contributed by atoms with Gasteiger partial charge in [0, 0.05) is 11.0 Å². The van der Waals surface area contributed by atoms with Gasteiger partial charge in [-0.1, -0.05) is 11.6 Å². The van der Waals surface area contributed by atoms with Crippen LogP contribution >= 0.6 is 11.6 Å². The summed E-state index contributed by atoms with van der Waals surface area (Å²) in [5, 5.41) is 7.79. The molecule has 0 bridgehead atoms. The van der Waals surface area contributed by atoms with Crippen molar-refractivity contribution in [2.45, 2.75) is 24.7 Å². The summed E-state index contributed by atoms with van der Waals surface area (Å²) in [6, 6.07) is 0.788. The highest BCUT2D eigenvalue weighted by Crippen LogP contribution is 2.52. The molecule has 1 aliphatic rings. The smallest absolute Gasteiger partial charge is 0.304 e. The Kier molecular flexibility index (Phi) is 2.81. The van der Waals surface area contributed by atoms with Gasteiger partial charge in [-0.15, -0.1) is 0 Å². The largest absolute Gasteiger partial charge is 0.481 e. The fourth-order valence-electron chi connectivity index (χ4n) is 1.94. The summed E-state index contributed by atoms with van der Waals surface area (Å²) in [4.78, 5) is 10.6. The first-order valence-corrected chi connectivity index (χ1v) is 5.30. The minimum atomic E-state index is -1.46. The zero-order chi connectivity index (χ0) is 12.8. The summed E-state index contributed by atoms with van der Waals surface area (Å²) in [5.74, 6) is -4.91. The lowest BCUT2D eigenvalue weighted by molar-refractivity contribution is -0.137. The first kappa shape index (κ1) is 12.2. The molecular weight excluding hydrogens is 257 g/mol. The predicted molar refractivity (Wildman–Crippen MR) is 54.5 cm³/mol. The molecule has 0 unspecified atom stereocenters. The fraction of sp³-hybridized carbons (Fsp3) is 0.364. The molecule has 0 atom stereocenters. The second-order valence-electron chi connectivity index (χ2n) is 4.20. The van der Waals surface area contributed by atoms with Crippen LogP contribution in [-0.4, -0.2) is 11.1 Å². The number of rotatable bonds is 3. The van der Waals surface area contributed by atoms with Crippen molar-refractivity contribution in [2.24, 2.45) is 0 Å². The van der Waals surface area contributed by atoms with E-state index >= 15 is 0 Å². The number of carboxylic acids is 1. The first-order valence-electron chi connectivity index (χ1n) is 4.93. The second-order valence-corrected chi connectivity index (χ2v) is 4.58. The Bertz CT molecular complexity index is 498. The molecule has 0 heterocycles. The van der Waals surface area contributed by atoms with Gasteiger partial charge >= 0.3 is 5.97 Å². The van der Waals surface area contributed by atoms with Crippen LogP contribution in [0.15, 0.2) is 6.07 Å². The highest BCUT2D eigenvalue weighted by Gasteiger charge is 2.48. The lowest BCUT2D eigenvalue weighted by atomic mass is 9.91. The first-order chi connectivity index (χ1) is 7.87. The Hall–Kier alpha value is -1.23. The molecule has 1 aromatic carbocycles. The molecule has 1 fully saturated rings. The van der Waals surface area contributed by atoms with E-state index in [2.05, 4.69) is 0 Å². The van der Waals surface area contributed by atoms with Crippen LogP contribution in [0.25, 0.3) is 0 Å². The highest BCUT2D eigenvalue weighted by molar-refractivity contribution is 6.30. The molecule has 2 nitrogen and oxygen atoms in total. The van der Waals surface area contributed by atoms with E-state index < -0.39 is 33.9 Å². The van der Waals surface area contributed by atoms with E-state index in [0.29, 0.717) is 12.8 Å². The molecule has 1 aliphatic carbocycles. The van der Waals surface area contributed by atoms with Crippen LogP contribution in [0.1, 0.15) is 24.8 Å². The van der Waals surface area contributed by atoms with Gasteiger partial charge < -0.3 is 5.11 Å². The molecule has 2 rings (SSSR count). The Morgan fingerprint density at radius 1 is 1.35 bits per heavy atom. The van der Waals surface area contributed by atoms with Crippen molar-refractivity contribution in [3.05, 3.63) is 34.1 Å². The molecule has 6 heteroatoms. The van der Waals surface area contributed by atoms with Gasteiger partial charge in [0.1, 0.15) is 10.8 Å². The number of halogens is 4.